The van der Waals surface area contributed by atoms with Gasteiger partial charge < -0.3 is 14.8 Å². The summed E-state index contributed by atoms with van der Waals surface area (Å²) in [5.41, 5.74) is 0.828. The van der Waals surface area contributed by atoms with Gasteiger partial charge in [0.2, 0.25) is 0 Å². The summed E-state index contributed by atoms with van der Waals surface area (Å²) in [7, 11) is 2.94. The predicted molar refractivity (Wildman–Crippen MR) is 120 cm³/mol. The SMILES string of the molecule is COc1cc(OC)cc(C(=O)Nc2cc(-n3c(C)nc4ccccc4c3=O)ccc2F)c1. The minimum absolute atomic E-state index is 0.0752. The summed E-state index contributed by atoms with van der Waals surface area (Å²) < 4.78 is 26.3. The first-order valence-corrected chi connectivity index (χ1v) is 9.74. The lowest BCUT2D eigenvalue weighted by Crippen LogP contribution is -2.22. The molecule has 0 fully saturated rings. The van der Waals surface area contributed by atoms with E-state index in [4.69, 9.17) is 9.47 Å². The van der Waals surface area contributed by atoms with Gasteiger partial charge in [0.05, 0.1) is 36.5 Å². The van der Waals surface area contributed by atoms with Gasteiger partial charge in [0, 0.05) is 11.6 Å². The topological polar surface area (TPSA) is 82.4 Å². The Morgan fingerprint density at radius 2 is 1.69 bits per heavy atom. The van der Waals surface area contributed by atoms with Crippen molar-refractivity contribution >= 4 is 22.5 Å². The van der Waals surface area contributed by atoms with Gasteiger partial charge in [-0.2, -0.15) is 0 Å². The smallest absolute Gasteiger partial charge is 0.265 e. The molecule has 32 heavy (non-hydrogen) atoms. The van der Waals surface area contributed by atoms with Crippen LogP contribution in [0.5, 0.6) is 11.5 Å². The van der Waals surface area contributed by atoms with Gasteiger partial charge >= 0.3 is 0 Å². The highest BCUT2D eigenvalue weighted by atomic mass is 19.1. The van der Waals surface area contributed by atoms with Gasteiger partial charge in [0.15, 0.2) is 0 Å². The zero-order chi connectivity index (χ0) is 22.8. The number of aromatic nitrogens is 2. The van der Waals surface area contributed by atoms with Crippen molar-refractivity contribution in [2.45, 2.75) is 6.92 Å². The fraction of sp³-hybridized carbons (Fsp3) is 0.125. The van der Waals surface area contributed by atoms with Crippen LogP contribution in [-0.2, 0) is 0 Å². The molecule has 0 unspecified atom stereocenters. The lowest BCUT2D eigenvalue weighted by molar-refractivity contribution is 0.102. The highest BCUT2D eigenvalue weighted by Crippen LogP contribution is 2.25. The minimum Gasteiger partial charge on any atom is -0.497 e. The second-order valence-corrected chi connectivity index (χ2v) is 7.04. The number of para-hydroxylation sites is 1. The van der Waals surface area contributed by atoms with Gasteiger partial charge in [0.25, 0.3) is 11.5 Å². The van der Waals surface area contributed by atoms with E-state index < -0.39 is 11.7 Å². The quantitative estimate of drug-likeness (QED) is 0.512. The summed E-state index contributed by atoms with van der Waals surface area (Å²) in [6.07, 6.45) is 0. The number of methoxy groups -OCH3 is 2. The number of amides is 1. The summed E-state index contributed by atoms with van der Waals surface area (Å²) >= 11 is 0. The Morgan fingerprint density at radius 3 is 2.38 bits per heavy atom. The number of halogens is 1. The van der Waals surface area contributed by atoms with Crippen LogP contribution in [0.4, 0.5) is 10.1 Å². The molecule has 0 saturated carbocycles. The van der Waals surface area contributed by atoms with Crippen LogP contribution >= 0.6 is 0 Å². The number of carbonyl (C=O) groups excluding carboxylic acids is 1. The number of benzene rings is 3. The average Bonchev–Trinajstić information content (AvgIpc) is 2.80. The molecule has 0 aliphatic heterocycles. The molecule has 0 aliphatic carbocycles. The van der Waals surface area contributed by atoms with E-state index in [0.717, 1.165) is 0 Å². The molecule has 4 aromatic rings. The van der Waals surface area contributed by atoms with Gasteiger partial charge in [0.1, 0.15) is 23.1 Å². The van der Waals surface area contributed by atoms with Gasteiger partial charge in [-0.25, -0.2) is 9.37 Å². The summed E-state index contributed by atoms with van der Waals surface area (Å²) in [5.74, 6) is 0.0896. The van der Waals surface area contributed by atoms with Crippen molar-refractivity contribution in [2.24, 2.45) is 0 Å². The third-order valence-electron chi connectivity index (χ3n) is 5.01. The molecule has 162 valence electrons. The number of aryl methyl sites for hydroxylation is 1. The molecule has 1 N–H and O–H groups in total. The van der Waals surface area contributed by atoms with Gasteiger partial charge in [-0.1, -0.05) is 12.1 Å². The highest BCUT2D eigenvalue weighted by molar-refractivity contribution is 6.05. The molecule has 1 amide bonds. The van der Waals surface area contributed by atoms with Crippen LogP contribution < -0.4 is 20.3 Å². The zero-order valence-corrected chi connectivity index (χ0v) is 17.7. The van der Waals surface area contributed by atoms with Crippen LogP contribution in [0.3, 0.4) is 0 Å². The maximum absolute atomic E-state index is 14.5. The zero-order valence-electron chi connectivity index (χ0n) is 17.7. The number of fused-ring (bicyclic) bond motifs is 1. The molecule has 0 radical (unpaired) electrons. The summed E-state index contributed by atoms with van der Waals surface area (Å²) in [5, 5.41) is 3.00. The third-order valence-corrected chi connectivity index (χ3v) is 5.01. The molecule has 8 heteroatoms. The van der Waals surface area contributed by atoms with E-state index in [-0.39, 0.29) is 16.8 Å². The molecule has 7 nitrogen and oxygen atoms in total. The summed E-state index contributed by atoms with van der Waals surface area (Å²) in [6, 6.07) is 15.7. The number of hydrogen-bond acceptors (Lipinski definition) is 5. The minimum atomic E-state index is -0.642. The molecule has 0 aliphatic rings. The number of anilines is 1. The van der Waals surface area contributed by atoms with Crippen molar-refractivity contribution in [3.63, 3.8) is 0 Å². The summed E-state index contributed by atoms with van der Waals surface area (Å²) in [6.45, 7) is 1.69. The number of carbonyl (C=O) groups is 1. The molecule has 0 bridgehead atoms. The van der Waals surface area contributed by atoms with E-state index in [1.165, 1.54) is 49.1 Å². The Bertz CT molecular complexity index is 1380. The van der Waals surface area contributed by atoms with Gasteiger partial charge in [-0.15, -0.1) is 0 Å². The fourth-order valence-corrected chi connectivity index (χ4v) is 3.43. The first-order valence-electron chi connectivity index (χ1n) is 9.74. The normalized spacial score (nSPS) is 10.8. The van der Waals surface area contributed by atoms with Crippen molar-refractivity contribution in [1.82, 2.24) is 9.55 Å². The highest BCUT2D eigenvalue weighted by Gasteiger charge is 2.15. The molecule has 0 spiro atoms. The van der Waals surface area contributed by atoms with Gasteiger partial charge in [-0.05, 0) is 49.4 Å². The first-order chi connectivity index (χ1) is 15.4. The van der Waals surface area contributed by atoms with Crippen LogP contribution in [0.15, 0.2) is 65.5 Å². The third kappa shape index (κ3) is 3.90. The Balaban J connectivity index is 1.74. The second kappa shape index (κ2) is 8.50. The van der Waals surface area contributed by atoms with Crippen molar-refractivity contribution in [3.05, 3.63) is 88.2 Å². The van der Waals surface area contributed by atoms with E-state index in [2.05, 4.69) is 10.3 Å². The lowest BCUT2D eigenvalue weighted by atomic mass is 10.1. The number of hydrogen-bond donors (Lipinski definition) is 1. The van der Waals surface area contributed by atoms with Crippen LogP contribution in [-0.4, -0.2) is 29.7 Å². The molecular weight excluding hydrogens is 413 g/mol. The maximum atomic E-state index is 14.5. The molecule has 1 heterocycles. The van der Waals surface area contributed by atoms with E-state index in [9.17, 15) is 14.0 Å². The molecule has 4 rings (SSSR count). The van der Waals surface area contributed by atoms with Crippen LogP contribution in [0.2, 0.25) is 0 Å². The largest absolute Gasteiger partial charge is 0.497 e. The monoisotopic (exact) mass is 433 g/mol. The molecule has 0 saturated heterocycles. The molecular formula is C24H20FN3O4. The Hall–Kier alpha value is -4.20. The van der Waals surface area contributed by atoms with Crippen LogP contribution in [0.25, 0.3) is 16.6 Å². The first kappa shape index (κ1) is 21.0. The second-order valence-electron chi connectivity index (χ2n) is 7.04. The van der Waals surface area contributed by atoms with Crippen LogP contribution in [0, 0.1) is 12.7 Å². The average molecular weight is 433 g/mol. The molecule has 0 atom stereocenters. The van der Waals surface area contributed by atoms with E-state index in [0.29, 0.717) is 33.9 Å². The van der Waals surface area contributed by atoms with Crippen molar-refractivity contribution in [3.8, 4) is 17.2 Å². The Labute approximate surface area is 183 Å². The number of nitrogens with zero attached hydrogens (tertiary/aromatic N) is 2. The van der Waals surface area contributed by atoms with E-state index >= 15 is 0 Å². The Morgan fingerprint density at radius 1 is 1.00 bits per heavy atom. The van der Waals surface area contributed by atoms with Crippen molar-refractivity contribution < 1.29 is 18.7 Å². The van der Waals surface area contributed by atoms with Gasteiger partial charge in [-0.3, -0.25) is 14.2 Å². The molecule has 3 aromatic carbocycles. The maximum Gasteiger partial charge on any atom is 0.265 e. The standard InChI is InChI=1S/C24H20FN3O4/c1-14-26-21-7-5-4-6-19(21)24(30)28(14)16-8-9-20(25)22(12-16)27-23(29)15-10-17(31-2)13-18(11-15)32-3/h4-13H,1-3H3,(H,27,29). The Kier molecular flexibility index (Phi) is 5.59. The molecule has 1 aromatic heterocycles. The predicted octanol–water partition coefficient (Wildman–Crippen LogP) is 4.10. The van der Waals surface area contributed by atoms with E-state index in [1.54, 1.807) is 37.3 Å². The lowest BCUT2D eigenvalue weighted by Gasteiger charge is -2.14. The van der Waals surface area contributed by atoms with Crippen LogP contribution in [0.1, 0.15) is 16.2 Å². The summed E-state index contributed by atoms with van der Waals surface area (Å²) in [4.78, 5) is 30.3. The van der Waals surface area contributed by atoms with Crippen molar-refractivity contribution in [2.75, 3.05) is 19.5 Å². The van der Waals surface area contributed by atoms with Crippen molar-refractivity contribution in [1.29, 1.82) is 0 Å². The fourth-order valence-electron chi connectivity index (χ4n) is 3.43. The number of rotatable bonds is 5. The number of nitrogens with one attached hydrogen (secondary N) is 1. The number of ether oxygens (including phenoxy) is 2. The van der Waals surface area contributed by atoms with E-state index in [1.807, 2.05) is 0 Å².